The van der Waals surface area contributed by atoms with Crippen LogP contribution in [-0.2, 0) is 27.1 Å². The summed E-state index contributed by atoms with van der Waals surface area (Å²) in [5, 5.41) is 0. The van der Waals surface area contributed by atoms with Crippen LogP contribution in [0.15, 0.2) is 9.59 Å². The molecule has 2 heterocycles. The highest BCUT2D eigenvalue weighted by molar-refractivity contribution is 5.71. The van der Waals surface area contributed by atoms with Gasteiger partial charge in [-0.1, -0.05) is 13.3 Å². The monoisotopic (exact) mass is 279 g/mol. The van der Waals surface area contributed by atoms with Crippen molar-refractivity contribution in [1.82, 2.24) is 18.7 Å². The second-order valence-corrected chi connectivity index (χ2v) is 4.95. The lowest BCUT2D eigenvalue weighted by atomic mass is 10.2. The van der Waals surface area contributed by atoms with Crippen LogP contribution in [0.25, 0.3) is 11.2 Å². The molecule has 0 unspecified atom stereocenters. The van der Waals surface area contributed by atoms with Gasteiger partial charge in [0, 0.05) is 33.6 Å². The van der Waals surface area contributed by atoms with Crippen LogP contribution in [0.4, 0.5) is 0 Å². The lowest BCUT2D eigenvalue weighted by molar-refractivity contribution is 0.646. The molecule has 2 N–H and O–H groups in total. The van der Waals surface area contributed by atoms with Crippen molar-refractivity contribution < 1.29 is 0 Å². The maximum atomic E-state index is 12.3. The first-order valence-electron chi connectivity index (χ1n) is 6.88. The average Bonchev–Trinajstić information content (AvgIpc) is 2.80. The molecule has 110 valence electrons. The number of aromatic nitrogens is 4. The normalized spacial score (nSPS) is 11.4. The molecule has 20 heavy (non-hydrogen) atoms. The van der Waals surface area contributed by atoms with E-state index in [0.29, 0.717) is 24.3 Å². The molecule has 2 aromatic heterocycles. The van der Waals surface area contributed by atoms with Gasteiger partial charge in [-0.05, 0) is 6.42 Å². The van der Waals surface area contributed by atoms with E-state index in [2.05, 4.69) is 11.9 Å². The predicted molar refractivity (Wildman–Crippen MR) is 77.9 cm³/mol. The van der Waals surface area contributed by atoms with Crippen molar-refractivity contribution >= 4 is 11.2 Å². The Kier molecular flexibility index (Phi) is 4.08. The van der Waals surface area contributed by atoms with Gasteiger partial charge in [-0.3, -0.25) is 13.9 Å². The molecule has 2 rings (SSSR count). The number of nitrogens with two attached hydrogens (primary N) is 1. The molecule has 0 radical (unpaired) electrons. The number of hydrogen-bond donors (Lipinski definition) is 1. The molecule has 0 aliphatic rings. The standard InChI is InChI=1S/C13H21N5O2/c1-4-5-6-9-15-11-10(18(9)8-7-14)12(19)17(3)13(20)16(11)2/h4-8,14H2,1-3H3. The van der Waals surface area contributed by atoms with Gasteiger partial charge >= 0.3 is 5.69 Å². The molecular weight excluding hydrogens is 258 g/mol. The third-order valence-corrected chi connectivity index (χ3v) is 3.53. The largest absolute Gasteiger partial charge is 0.332 e. The molecule has 0 bridgehead atoms. The summed E-state index contributed by atoms with van der Waals surface area (Å²) in [6.45, 7) is 3.06. The van der Waals surface area contributed by atoms with Gasteiger partial charge in [-0.2, -0.15) is 0 Å². The van der Waals surface area contributed by atoms with Crippen LogP contribution >= 0.6 is 0 Å². The first kappa shape index (κ1) is 14.5. The molecule has 0 aromatic carbocycles. The molecule has 0 fully saturated rings. The highest BCUT2D eigenvalue weighted by atomic mass is 16.2. The van der Waals surface area contributed by atoms with E-state index < -0.39 is 0 Å². The van der Waals surface area contributed by atoms with Crippen molar-refractivity contribution in [2.45, 2.75) is 32.7 Å². The fourth-order valence-electron chi connectivity index (χ4n) is 2.39. The Morgan fingerprint density at radius 1 is 1.20 bits per heavy atom. The van der Waals surface area contributed by atoms with Gasteiger partial charge in [0.05, 0.1) is 0 Å². The summed E-state index contributed by atoms with van der Waals surface area (Å²) in [7, 11) is 3.11. The van der Waals surface area contributed by atoms with Crippen LogP contribution in [0, 0.1) is 0 Å². The Balaban J connectivity index is 2.80. The smallest absolute Gasteiger partial charge is 0.329 e. The van der Waals surface area contributed by atoms with Crippen LogP contribution in [0.1, 0.15) is 25.6 Å². The van der Waals surface area contributed by atoms with Crippen LogP contribution in [-0.4, -0.2) is 25.2 Å². The summed E-state index contributed by atoms with van der Waals surface area (Å²) >= 11 is 0. The minimum absolute atomic E-state index is 0.313. The third kappa shape index (κ3) is 2.18. The summed E-state index contributed by atoms with van der Waals surface area (Å²) in [6.07, 6.45) is 2.81. The number of imidazole rings is 1. The molecule has 7 nitrogen and oxygen atoms in total. The first-order valence-corrected chi connectivity index (χ1v) is 6.88. The zero-order chi connectivity index (χ0) is 14.9. The Morgan fingerprint density at radius 2 is 1.90 bits per heavy atom. The van der Waals surface area contributed by atoms with Gasteiger partial charge in [0.1, 0.15) is 5.82 Å². The molecule has 0 amide bonds. The lowest BCUT2D eigenvalue weighted by Crippen LogP contribution is -2.37. The van der Waals surface area contributed by atoms with E-state index in [-0.39, 0.29) is 11.2 Å². The number of unbranched alkanes of at least 4 members (excludes halogenated alkanes) is 1. The third-order valence-electron chi connectivity index (χ3n) is 3.53. The molecule has 0 atom stereocenters. The van der Waals surface area contributed by atoms with Gasteiger partial charge in [-0.15, -0.1) is 0 Å². The fraction of sp³-hybridized carbons (Fsp3) is 0.615. The molecule has 0 saturated carbocycles. The minimum Gasteiger partial charge on any atom is -0.329 e. The number of nitrogens with zero attached hydrogens (tertiary/aromatic N) is 4. The molecule has 7 heteroatoms. The average molecular weight is 279 g/mol. The van der Waals surface area contributed by atoms with E-state index in [4.69, 9.17) is 5.73 Å². The van der Waals surface area contributed by atoms with E-state index in [9.17, 15) is 9.59 Å². The van der Waals surface area contributed by atoms with Crippen LogP contribution in [0.5, 0.6) is 0 Å². The summed E-state index contributed by atoms with van der Waals surface area (Å²) < 4.78 is 4.38. The molecule has 0 aliphatic carbocycles. The highest BCUT2D eigenvalue weighted by Gasteiger charge is 2.18. The number of rotatable bonds is 5. The van der Waals surface area contributed by atoms with Gasteiger partial charge in [0.2, 0.25) is 0 Å². The van der Waals surface area contributed by atoms with E-state index in [1.54, 1.807) is 7.05 Å². The number of aryl methyl sites for hydroxylation is 2. The summed E-state index contributed by atoms with van der Waals surface area (Å²) in [4.78, 5) is 28.8. The van der Waals surface area contributed by atoms with Crippen molar-refractivity contribution in [3.05, 3.63) is 26.7 Å². The second-order valence-electron chi connectivity index (χ2n) is 4.95. The number of hydrogen-bond acceptors (Lipinski definition) is 4. The van der Waals surface area contributed by atoms with Gasteiger partial charge < -0.3 is 10.3 Å². The van der Waals surface area contributed by atoms with Crippen molar-refractivity contribution in [2.24, 2.45) is 19.8 Å². The molecular formula is C13H21N5O2. The quantitative estimate of drug-likeness (QED) is 0.816. The maximum Gasteiger partial charge on any atom is 0.332 e. The SMILES string of the molecule is CCCCc1nc2c(c(=O)n(C)c(=O)n2C)n1CCN. The topological polar surface area (TPSA) is 87.8 Å². The zero-order valence-corrected chi connectivity index (χ0v) is 12.2. The second kappa shape index (κ2) is 5.62. The van der Waals surface area contributed by atoms with Crippen LogP contribution < -0.4 is 17.0 Å². The molecule has 2 aromatic rings. The minimum atomic E-state index is -0.359. The van der Waals surface area contributed by atoms with E-state index >= 15 is 0 Å². The fourth-order valence-corrected chi connectivity index (χ4v) is 2.39. The van der Waals surface area contributed by atoms with Crippen molar-refractivity contribution in [2.75, 3.05) is 6.54 Å². The zero-order valence-electron chi connectivity index (χ0n) is 12.2. The predicted octanol–water partition coefficient (Wildman–Crippen LogP) is -0.265. The Labute approximate surface area is 116 Å². The van der Waals surface area contributed by atoms with Gasteiger partial charge in [-0.25, -0.2) is 9.78 Å². The van der Waals surface area contributed by atoms with E-state index in [1.807, 2.05) is 4.57 Å². The molecule has 0 saturated heterocycles. The Hall–Kier alpha value is -1.89. The summed E-state index contributed by atoms with van der Waals surface area (Å²) in [5.41, 5.74) is 5.87. The van der Waals surface area contributed by atoms with Crippen LogP contribution in [0.2, 0.25) is 0 Å². The summed E-state index contributed by atoms with van der Waals surface area (Å²) in [5.74, 6) is 0.825. The van der Waals surface area contributed by atoms with E-state index in [1.165, 1.54) is 11.6 Å². The lowest BCUT2D eigenvalue weighted by Gasteiger charge is -2.07. The van der Waals surface area contributed by atoms with Crippen molar-refractivity contribution in [3.8, 4) is 0 Å². The first-order chi connectivity index (χ1) is 9.52. The van der Waals surface area contributed by atoms with Crippen LogP contribution in [0.3, 0.4) is 0 Å². The molecule has 0 spiro atoms. The van der Waals surface area contributed by atoms with Gasteiger partial charge in [0.25, 0.3) is 5.56 Å². The van der Waals surface area contributed by atoms with Crippen molar-refractivity contribution in [3.63, 3.8) is 0 Å². The maximum absolute atomic E-state index is 12.3. The Bertz CT molecular complexity index is 738. The van der Waals surface area contributed by atoms with E-state index in [0.717, 1.165) is 29.7 Å². The van der Waals surface area contributed by atoms with Crippen molar-refractivity contribution in [1.29, 1.82) is 0 Å². The van der Waals surface area contributed by atoms with Gasteiger partial charge in [0.15, 0.2) is 11.2 Å². The highest BCUT2D eigenvalue weighted by Crippen LogP contribution is 2.13. The summed E-state index contributed by atoms with van der Waals surface area (Å²) in [6, 6.07) is 0. The Morgan fingerprint density at radius 3 is 2.50 bits per heavy atom. The number of fused-ring (bicyclic) bond motifs is 1. The molecule has 0 aliphatic heterocycles.